The van der Waals surface area contributed by atoms with Crippen LogP contribution in [0.3, 0.4) is 0 Å². The number of aromatic nitrogens is 1. The number of anilines is 1. The highest BCUT2D eigenvalue weighted by molar-refractivity contribution is 7.89. The summed E-state index contributed by atoms with van der Waals surface area (Å²) in [5.41, 5.74) is 6.88. The topological polar surface area (TPSA) is 85.1 Å². The second-order valence-electron chi connectivity index (χ2n) is 4.21. The first kappa shape index (κ1) is 15.2. The maximum absolute atomic E-state index is 12.2. The van der Waals surface area contributed by atoms with Crippen LogP contribution in [0.25, 0.3) is 0 Å². The van der Waals surface area contributed by atoms with Gasteiger partial charge in [-0.3, -0.25) is 0 Å². The first-order valence-electron chi connectivity index (χ1n) is 5.84. The van der Waals surface area contributed by atoms with Gasteiger partial charge in [0.25, 0.3) is 0 Å². The largest absolute Gasteiger partial charge is 0.398 e. The van der Waals surface area contributed by atoms with Crippen molar-refractivity contribution in [2.24, 2.45) is 0 Å². The fraction of sp³-hybridized carbons (Fsp3) is 0.250. The van der Waals surface area contributed by atoms with Gasteiger partial charge in [-0.25, -0.2) is 18.1 Å². The molecule has 1 aromatic heterocycles. The first-order valence-corrected chi connectivity index (χ1v) is 8.58. The van der Waals surface area contributed by atoms with Crippen LogP contribution in [-0.4, -0.2) is 19.9 Å². The van der Waals surface area contributed by atoms with Gasteiger partial charge in [-0.05, 0) is 24.6 Å². The third-order valence-corrected chi connectivity index (χ3v) is 5.49. The molecule has 0 aliphatic heterocycles. The molecular formula is C12H14ClN3O2S2. The highest BCUT2D eigenvalue weighted by Crippen LogP contribution is 2.26. The van der Waals surface area contributed by atoms with E-state index in [-0.39, 0.29) is 16.5 Å². The second-order valence-corrected chi connectivity index (χ2v) is 7.33. The zero-order valence-corrected chi connectivity index (χ0v) is 13.1. The van der Waals surface area contributed by atoms with Gasteiger partial charge < -0.3 is 5.73 Å². The number of rotatable bonds is 5. The Hall–Kier alpha value is -1.15. The standard InChI is InChI=1S/C12H14ClN3O2S2/c1-8-6-9(13)11(7-10(8)14)20(17,18)16-3-2-12-15-4-5-19-12/h4-7,16H,2-3,14H2,1H3. The van der Waals surface area contributed by atoms with Crippen LogP contribution in [0.4, 0.5) is 5.69 Å². The highest BCUT2D eigenvalue weighted by Gasteiger charge is 2.18. The Balaban J connectivity index is 2.12. The molecule has 20 heavy (non-hydrogen) atoms. The van der Waals surface area contributed by atoms with Crippen LogP contribution < -0.4 is 10.5 Å². The Kier molecular flexibility index (Phi) is 4.64. The number of hydrogen-bond acceptors (Lipinski definition) is 5. The molecule has 0 aliphatic rings. The van der Waals surface area contributed by atoms with Gasteiger partial charge in [-0.1, -0.05) is 11.6 Å². The molecule has 8 heteroatoms. The van der Waals surface area contributed by atoms with Gasteiger partial charge >= 0.3 is 0 Å². The molecule has 2 rings (SSSR count). The Morgan fingerprint density at radius 3 is 2.85 bits per heavy atom. The number of nitrogen functional groups attached to an aromatic ring is 1. The quantitative estimate of drug-likeness (QED) is 0.822. The summed E-state index contributed by atoms with van der Waals surface area (Å²) >= 11 is 7.46. The van der Waals surface area contributed by atoms with Crippen LogP contribution in [-0.2, 0) is 16.4 Å². The van der Waals surface area contributed by atoms with Crippen molar-refractivity contribution in [3.8, 4) is 0 Å². The number of nitrogens with two attached hydrogens (primary N) is 1. The molecule has 0 amide bonds. The Labute approximate surface area is 126 Å². The summed E-state index contributed by atoms with van der Waals surface area (Å²) in [6.45, 7) is 2.04. The smallest absolute Gasteiger partial charge is 0.242 e. The number of halogens is 1. The minimum absolute atomic E-state index is 0.00130. The van der Waals surface area contributed by atoms with E-state index in [4.69, 9.17) is 17.3 Å². The van der Waals surface area contributed by atoms with Crippen LogP contribution >= 0.6 is 22.9 Å². The van der Waals surface area contributed by atoms with Gasteiger partial charge in [0.05, 0.1) is 10.0 Å². The fourth-order valence-corrected chi connectivity index (χ4v) is 3.89. The zero-order chi connectivity index (χ0) is 14.8. The van der Waals surface area contributed by atoms with Crippen molar-refractivity contribution >= 4 is 38.6 Å². The number of aryl methyl sites for hydroxylation is 1. The van der Waals surface area contributed by atoms with E-state index >= 15 is 0 Å². The van der Waals surface area contributed by atoms with E-state index in [0.717, 1.165) is 10.6 Å². The van der Waals surface area contributed by atoms with E-state index in [1.165, 1.54) is 17.4 Å². The van der Waals surface area contributed by atoms with E-state index in [0.29, 0.717) is 12.1 Å². The molecule has 1 aromatic carbocycles. The third-order valence-electron chi connectivity index (χ3n) is 2.72. The van der Waals surface area contributed by atoms with Gasteiger partial charge in [-0.15, -0.1) is 11.3 Å². The molecule has 0 atom stereocenters. The van der Waals surface area contributed by atoms with Gasteiger partial charge in [0.2, 0.25) is 10.0 Å². The fourth-order valence-electron chi connectivity index (χ4n) is 1.62. The molecule has 5 nitrogen and oxygen atoms in total. The number of nitrogens with zero attached hydrogens (tertiary/aromatic N) is 1. The molecule has 2 aromatic rings. The van der Waals surface area contributed by atoms with E-state index in [9.17, 15) is 8.42 Å². The summed E-state index contributed by atoms with van der Waals surface area (Å²) < 4.78 is 26.9. The van der Waals surface area contributed by atoms with Crippen molar-refractivity contribution in [1.82, 2.24) is 9.71 Å². The lowest BCUT2D eigenvalue weighted by atomic mass is 10.2. The van der Waals surface area contributed by atoms with Gasteiger partial charge in [0, 0.05) is 30.2 Å². The molecule has 0 aliphatic carbocycles. The number of nitrogens with one attached hydrogen (secondary N) is 1. The van der Waals surface area contributed by atoms with Crippen molar-refractivity contribution in [2.45, 2.75) is 18.2 Å². The van der Waals surface area contributed by atoms with Gasteiger partial charge in [-0.2, -0.15) is 0 Å². The Bertz CT molecular complexity index is 700. The van der Waals surface area contributed by atoms with Gasteiger partial charge in [0.1, 0.15) is 4.90 Å². The first-order chi connectivity index (χ1) is 9.40. The summed E-state index contributed by atoms with van der Waals surface area (Å²) in [4.78, 5) is 4.09. The minimum Gasteiger partial charge on any atom is -0.398 e. The average molecular weight is 332 g/mol. The lowest BCUT2D eigenvalue weighted by Crippen LogP contribution is -2.26. The van der Waals surface area contributed by atoms with Crippen molar-refractivity contribution in [3.63, 3.8) is 0 Å². The van der Waals surface area contributed by atoms with Crippen LogP contribution in [0.2, 0.25) is 5.02 Å². The Morgan fingerprint density at radius 2 is 2.20 bits per heavy atom. The summed E-state index contributed by atoms with van der Waals surface area (Å²) in [6.07, 6.45) is 2.22. The molecule has 0 saturated heterocycles. The summed E-state index contributed by atoms with van der Waals surface area (Å²) in [5.74, 6) is 0. The molecule has 0 fully saturated rings. The Morgan fingerprint density at radius 1 is 1.45 bits per heavy atom. The third kappa shape index (κ3) is 3.49. The number of benzene rings is 1. The predicted octanol–water partition coefficient (Wildman–Crippen LogP) is 2.21. The highest BCUT2D eigenvalue weighted by atomic mass is 35.5. The van der Waals surface area contributed by atoms with E-state index in [2.05, 4.69) is 9.71 Å². The molecule has 3 N–H and O–H groups in total. The molecule has 0 bridgehead atoms. The summed E-state index contributed by atoms with van der Waals surface area (Å²) in [7, 11) is -3.67. The number of thiazole rings is 1. The summed E-state index contributed by atoms with van der Waals surface area (Å²) in [6, 6.07) is 2.93. The monoisotopic (exact) mass is 331 g/mol. The van der Waals surface area contributed by atoms with Crippen LogP contribution in [0.1, 0.15) is 10.6 Å². The maximum atomic E-state index is 12.2. The molecular weight excluding hydrogens is 318 g/mol. The normalized spacial score (nSPS) is 11.7. The lowest BCUT2D eigenvalue weighted by molar-refractivity contribution is 0.581. The molecule has 0 unspecified atom stereocenters. The van der Waals surface area contributed by atoms with E-state index < -0.39 is 10.0 Å². The maximum Gasteiger partial charge on any atom is 0.242 e. The van der Waals surface area contributed by atoms with Crippen LogP contribution in [0, 0.1) is 6.92 Å². The van der Waals surface area contributed by atoms with Crippen LogP contribution in [0.5, 0.6) is 0 Å². The van der Waals surface area contributed by atoms with Crippen molar-refractivity contribution < 1.29 is 8.42 Å². The minimum atomic E-state index is -3.67. The SMILES string of the molecule is Cc1cc(Cl)c(S(=O)(=O)NCCc2nccs2)cc1N. The van der Waals surface area contributed by atoms with Crippen LogP contribution in [0.15, 0.2) is 28.6 Å². The molecule has 0 saturated carbocycles. The predicted molar refractivity (Wildman–Crippen MR) is 81.6 cm³/mol. The molecule has 0 radical (unpaired) electrons. The molecule has 0 spiro atoms. The molecule has 1 heterocycles. The van der Waals surface area contributed by atoms with E-state index in [1.54, 1.807) is 19.2 Å². The lowest BCUT2D eigenvalue weighted by Gasteiger charge is -2.10. The average Bonchev–Trinajstić information content (AvgIpc) is 2.86. The second kappa shape index (κ2) is 6.09. The van der Waals surface area contributed by atoms with Crippen molar-refractivity contribution in [2.75, 3.05) is 12.3 Å². The number of hydrogen-bond donors (Lipinski definition) is 2. The van der Waals surface area contributed by atoms with Crippen molar-refractivity contribution in [1.29, 1.82) is 0 Å². The number of sulfonamides is 1. The van der Waals surface area contributed by atoms with Gasteiger partial charge in [0.15, 0.2) is 0 Å². The zero-order valence-electron chi connectivity index (χ0n) is 10.8. The summed E-state index contributed by atoms with van der Waals surface area (Å²) in [5, 5.41) is 2.89. The van der Waals surface area contributed by atoms with Crippen molar-refractivity contribution in [3.05, 3.63) is 39.3 Å². The molecule has 108 valence electrons. The van der Waals surface area contributed by atoms with E-state index in [1.807, 2.05) is 5.38 Å².